The van der Waals surface area contributed by atoms with Crippen molar-refractivity contribution in [3.63, 3.8) is 0 Å². The number of hydrogen-bond acceptors (Lipinski definition) is 5. The Labute approximate surface area is 112 Å². The van der Waals surface area contributed by atoms with Gasteiger partial charge in [0, 0.05) is 19.6 Å². The molecule has 0 atom stereocenters. The largest absolute Gasteiger partial charge is 0.395 e. The average molecular weight is 286 g/mol. The predicted molar refractivity (Wildman–Crippen MR) is 71.6 cm³/mol. The van der Waals surface area contributed by atoms with Crippen molar-refractivity contribution in [2.75, 3.05) is 30.3 Å². The Hall–Kier alpha value is -1.57. The smallest absolute Gasteiger partial charge is 0.274 e. The van der Waals surface area contributed by atoms with Crippen molar-refractivity contribution in [1.82, 2.24) is 14.7 Å². The number of anilines is 1. The normalized spacial score (nSPS) is 18.5. The van der Waals surface area contributed by atoms with E-state index in [1.54, 1.807) is 11.6 Å². The Bertz CT molecular complexity index is 592. The Kier molecular flexibility index (Phi) is 3.53. The second-order valence-electron chi connectivity index (χ2n) is 4.61. The molecule has 2 N–H and O–H groups in total. The number of nitrogen functional groups attached to an aromatic ring is 1. The van der Waals surface area contributed by atoms with Crippen molar-refractivity contribution in [3.8, 4) is 0 Å². The number of rotatable bonds is 2. The summed E-state index contributed by atoms with van der Waals surface area (Å²) in [4.78, 5) is 13.9. The molecule has 2 heterocycles. The van der Waals surface area contributed by atoms with Crippen LogP contribution in [0.25, 0.3) is 0 Å². The van der Waals surface area contributed by atoms with Crippen LogP contribution in [0.5, 0.6) is 0 Å². The maximum absolute atomic E-state index is 12.4. The van der Waals surface area contributed by atoms with Crippen LogP contribution >= 0.6 is 0 Å². The zero-order valence-electron chi connectivity index (χ0n) is 11.1. The van der Waals surface area contributed by atoms with E-state index in [1.807, 2.05) is 6.92 Å². The highest BCUT2D eigenvalue weighted by Gasteiger charge is 2.29. The number of nitrogens with two attached hydrogens (primary N) is 1. The van der Waals surface area contributed by atoms with Gasteiger partial charge in [-0.1, -0.05) is 0 Å². The molecule has 0 aliphatic carbocycles. The third-order valence-electron chi connectivity index (χ3n) is 3.31. The molecule has 1 aromatic rings. The first-order chi connectivity index (χ1) is 8.85. The first kappa shape index (κ1) is 13.9. The van der Waals surface area contributed by atoms with Crippen molar-refractivity contribution in [2.24, 2.45) is 0 Å². The number of aromatic nitrogens is 2. The summed E-state index contributed by atoms with van der Waals surface area (Å²) in [6.07, 6.45) is 0. The van der Waals surface area contributed by atoms with Crippen molar-refractivity contribution < 1.29 is 13.2 Å². The highest BCUT2D eigenvalue weighted by atomic mass is 32.2. The molecule has 0 radical (unpaired) electrons. The predicted octanol–water partition coefficient (Wildman–Crippen LogP) is -0.336. The molecule has 106 valence electrons. The molecular weight excluding hydrogens is 268 g/mol. The van der Waals surface area contributed by atoms with Gasteiger partial charge in [-0.2, -0.15) is 5.10 Å². The van der Waals surface area contributed by atoms with Crippen LogP contribution in [0.1, 0.15) is 23.1 Å². The summed E-state index contributed by atoms with van der Waals surface area (Å²) in [7, 11) is -3.00. The Morgan fingerprint density at radius 2 is 1.95 bits per heavy atom. The number of aryl methyl sites for hydroxylation is 2. The van der Waals surface area contributed by atoms with Crippen molar-refractivity contribution >= 4 is 21.4 Å². The van der Waals surface area contributed by atoms with Gasteiger partial charge in [0.05, 0.1) is 22.9 Å². The molecule has 0 spiro atoms. The molecule has 1 amide bonds. The van der Waals surface area contributed by atoms with Crippen LogP contribution in [0.4, 0.5) is 5.69 Å². The number of sulfone groups is 1. The van der Waals surface area contributed by atoms with Crippen molar-refractivity contribution in [3.05, 3.63) is 11.4 Å². The van der Waals surface area contributed by atoms with Gasteiger partial charge >= 0.3 is 0 Å². The summed E-state index contributed by atoms with van der Waals surface area (Å²) >= 11 is 0. The van der Waals surface area contributed by atoms with Crippen molar-refractivity contribution in [2.45, 2.75) is 20.4 Å². The van der Waals surface area contributed by atoms with E-state index >= 15 is 0 Å². The van der Waals surface area contributed by atoms with Crippen LogP contribution in [-0.2, 0) is 16.4 Å². The fraction of sp³-hybridized carbons (Fsp3) is 0.636. The van der Waals surface area contributed by atoms with E-state index < -0.39 is 9.84 Å². The minimum absolute atomic E-state index is 0.0118. The SMILES string of the molecule is CCn1nc(C)c(N)c1C(=O)N1CCS(=O)(=O)CC1. The van der Waals surface area contributed by atoms with Crippen LogP contribution in [0.15, 0.2) is 0 Å². The minimum Gasteiger partial charge on any atom is -0.395 e. The van der Waals surface area contributed by atoms with E-state index in [9.17, 15) is 13.2 Å². The Balaban J connectivity index is 2.26. The lowest BCUT2D eigenvalue weighted by atomic mass is 10.2. The fourth-order valence-electron chi connectivity index (χ4n) is 2.12. The van der Waals surface area contributed by atoms with E-state index in [4.69, 9.17) is 5.73 Å². The number of hydrogen-bond donors (Lipinski definition) is 1. The van der Waals surface area contributed by atoms with Gasteiger partial charge in [-0.25, -0.2) is 8.42 Å². The van der Waals surface area contributed by atoms with Crippen LogP contribution in [0, 0.1) is 6.92 Å². The average Bonchev–Trinajstić information content (AvgIpc) is 2.64. The molecular formula is C11H18N4O3S. The first-order valence-corrected chi connectivity index (χ1v) is 8.00. The highest BCUT2D eigenvalue weighted by molar-refractivity contribution is 7.91. The third-order valence-corrected chi connectivity index (χ3v) is 4.92. The highest BCUT2D eigenvalue weighted by Crippen LogP contribution is 2.19. The lowest BCUT2D eigenvalue weighted by Crippen LogP contribution is -2.44. The standard InChI is InChI=1S/C11H18N4O3S/c1-3-15-10(9(12)8(2)13-15)11(16)14-4-6-19(17,18)7-5-14/h3-7,12H2,1-2H3. The topological polar surface area (TPSA) is 98.3 Å². The number of nitrogens with zero attached hydrogens (tertiary/aromatic N) is 3. The van der Waals surface area contributed by atoms with Crippen LogP contribution < -0.4 is 5.73 Å². The van der Waals surface area contributed by atoms with Gasteiger partial charge in [-0.3, -0.25) is 9.48 Å². The second kappa shape index (κ2) is 4.84. The monoisotopic (exact) mass is 286 g/mol. The fourth-order valence-corrected chi connectivity index (χ4v) is 3.32. The molecule has 0 saturated carbocycles. The molecule has 1 aromatic heterocycles. The van der Waals surface area contributed by atoms with Gasteiger partial charge in [0.25, 0.3) is 5.91 Å². The maximum Gasteiger partial charge on any atom is 0.274 e. The zero-order valence-corrected chi connectivity index (χ0v) is 11.9. The van der Waals surface area contributed by atoms with Gasteiger partial charge in [-0.05, 0) is 13.8 Å². The molecule has 8 heteroatoms. The second-order valence-corrected chi connectivity index (χ2v) is 6.91. The summed E-state index contributed by atoms with van der Waals surface area (Å²) < 4.78 is 24.3. The zero-order chi connectivity index (χ0) is 14.2. The molecule has 7 nitrogen and oxygen atoms in total. The summed E-state index contributed by atoms with van der Waals surface area (Å²) in [5.74, 6) is -0.217. The van der Waals surface area contributed by atoms with Crippen LogP contribution in [0.3, 0.4) is 0 Å². The van der Waals surface area contributed by atoms with Crippen LogP contribution in [-0.4, -0.2) is 53.6 Å². The van der Waals surface area contributed by atoms with E-state index in [0.717, 1.165) is 0 Å². The molecule has 2 rings (SSSR count). The van der Waals surface area contributed by atoms with Crippen molar-refractivity contribution in [1.29, 1.82) is 0 Å². The van der Waals surface area contributed by atoms with E-state index in [-0.39, 0.29) is 30.5 Å². The lowest BCUT2D eigenvalue weighted by molar-refractivity contribution is 0.0759. The number of carbonyl (C=O) groups is 1. The van der Waals surface area contributed by atoms with Crippen LogP contribution in [0.2, 0.25) is 0 Å². The Morgan fingerprint density at radius 1 is 1.37 bits per heavy atom. The summed E-state index contributed by atoms with van der Waals surface area (Å²) in [5.41, 5.74) is 7.25. The number of carbonyl (C=O) groups excluding carboxylic acids is 1. The van der Waals surface area contributed by atoms with E-state index in [0.29, 0.717) is 23.6 Å². The Morgan fingerprint density at radius 3 is 2.47 bits per heavy atom. The molecule has 0 bridgehead atoms. The van der Waals surface area contributed by atoms with Gasteiger partial charge in [0.1, 0.15) is 5.69 Å². The van der Waals surface area contributed by atoms with Gasteiger partial charge in [0.2, 0.25) is 0 Å². The van der Waals surface area contributed by atoms with E-state index in [1.165, 1.54) is 4.90 Å². The molecule has 1 saturated heterocycles. The first-order valence-electron chi connectivity index (χ1n) is 6.18. The van der Waals surface area contributed by atoms with Gasteiger partial charge in [0.15, 0.2) is 9.84 Å². The molecule has 1 fully saturated rings. The molecule has 1 aliphatic rings. The molecule has 1 aliphatic heterocycles. The van der Waals surface area contributed by atoms with E-state index in [2.05, 4.69) is 5.10 Å². The summed E-state index contributed by atoms with van der Waals surface area (Å²) in [5, 5.41) is 4.20. The third kappa shape index (κ3) is 2.58. The summed E-state index contributed by atoms with van der Waals surface area (Å²) in [6.45, 7) is 4.61. The lowest BCUT2D eigenvalue weighted by Gasteiger charge is -2.27. The molecule has 0 aromatic carbocycles. The summed E-state index contributed by atoms with van der Waals surface area (Å²) in [6, 6.07) is 0. The van der Waals surface area contributed by atoms with Gasteiger partial charge < -0.3 is 10.6 Å². The maximum atomic E-state index is 12.4. The van der Waals surface area contributed by atoms with Gasteiger partial charge in [-0.15, -0.1) is 0 Å². The molecule has 0 unspecified atom stereocenters. The number of amides is 1. The molecule has 19 heavy (non-hydrogen) atoms. The minimum atomic E-state index is -3.00. The quantitative estimate of drug-likeness (QED) is 0.802.